The van der Waals surface area contributed by atoms with Crippen molar-refractivity contribution in [1.29, 1.82) is 0 Å². The van der Waals surface area contributed by atoms with Crippen molar-refractivity contribution in [3.05, 3.63) is 0 Å². The number of epoxide rings is 1. The van der Waals surface area contributed by atoms with E-state index in [0.29, 0.717) is 6.54 Å². The average Bonchev–Trinajstić information content (AvgIpc) is 3.33. The van der Waals surface area contributed by atoms with E-state index in [1.807, 2.05) is 4.90 Å². The van der Waals surface area contributed by atoms with Gasteiger partial charge >= 0.3 is 0 Å². The summed E-state index contributed by atoms with van der Waals surface area (Å²) in [6.45, 7) is 14.6. The van der Waals surface area contributed by atoms with Crippen LogP contribution in [0.25, 0.3) is 0 Å². The summed E-state index contributed by atoms with van der Waals surface area (Å²) in [5.41, 5.74) is -1.50. The molecule has 3 rings (SSSR count). The van der Waals surface area contributed by atoms with Gasteiger partial charge in [-0.1, -0.05) is 39.0 Å². The maximum atomic E-state index is 13.7. The number of amides is 1. The fourth-order valence-electron chi connectivity index (χ4n) is 5.77. The van der Waals surface area contributed by atoms with Crippen LogP contribution in [0.15, 0.2) is 0 Å². The molecule has 3 aliphatic heterocycles. The van der Waals surface area contributed by atoms with Gasteiger partial charge in [-0.15, -0.1) is 0 Å². The van der Waals surface area contributed by atoms with Gasteiger partial charge in [0.2, 0.25) is 0 Å². The van der Waals surface area contributed by atoms with Crippen molar-refractivity contribution in [3.8, 4) is 0 Å². The maximum Gasteiger partial charge on any atom is 0.257 e. The van der Waals surface area contributed by atoms with Crippen molar-refractivity contribution in [3.63, 3.8) is 0 Å². The van der Waals surface area contributed by atoms with E-state index >= 15 is 0 Å². The lowest BCUT2D eigenvalue weighted by Gasteiger charge is -2.50. The van der Waals surface area contributed by atoms with Crippen LogP contribution < -0.4 is 5.32 Å². The molecule has 1 amide bonds. The van der Waals surface area contributed by atoms with Gasteiger partial charge in [-0.05, 0) is 47.5 Å². The van der Waals surface area contributed by atoms with E-state index in [0.717, 1.165) is 32.3 Å². The van der Waals surface area contributed by atoms with Gasteiger partial charge in [0.05, 0.1) is 19.3 Å². The topological polar surface area (TPSA) is 54.1 Å². The SMILES string of the molecule is CCCCCCCCC1(C)OC2(CC(C)(C)NC(C)(C)C2)C(=O)N1CC1CO1. The van der Waals surface area contributed by atoms with Crippen LogP contribution in [-0.2, 0) is 14.3 Å². The first-order valence-electron chi connectivity index (χ1n) is 11.4. The summed E-state index contributed by atoms with van der Waals surface area (Å²) in [4.78, 5) is 15.8. The molecule has 3 fully saturated rings. The van der Waals surface area contributed by atoms with Crippen LogP contribution in [0.4, 0.5) is 0 Å². The molecule has 0 radical (unpaired) electrons. The van der Waals surface area contributed by atoms with Crippen LogP contribution >= 0.6 is 0 Å². The van der Waals surface area contributed by atoms with Gasteiger partial charge in [-0.3, -0.25) is 4.79 Å². The van der Waals surface area contributed by atoms with Crippen LogP contribution in [0.5, 0.6) is 0 Å². The van der Waals surface area contributed by atoms with E-state index in [-0.39, 0.29) is 23.1 Å². The van der Waals surface area contributed by atoms with Gasteiger partial charge in [0.15, 0.2) is 5.60 Å². The number of carbonyl (C=O) groups is 1. The monoisotopic (exact) mass is 394 g/mol. The first-order valence-corrected chi connectivity index (χ1v) is 11.4. The van der Waals surface area contributed by atoms with Crippen molar-refractivity contribution < 1.29 is 14.3 Å². The smallest absolute Gasteiger partial charge is 0.257 e. The summed E-state index contributed by atoms with van der Waals surface area (Å²) in [5, 5.41) is 3.70. The van der Waals surface area contributed by atoms with Crippen molar-refractivity contribution in [2.75, 3.05) is 13.2 Å². The second-order valence-electron chi connectivity index (χ2n) is 10.9. The van der Waals surface area contributed by atoms with Crippen molar-refractivity contribution in [2.24, 2.45) is 0 Å². The number of piperidine rings is 1. The van der Waals surface area contributed by atoms with Gasteiger partial charge < -0.3 is 19.7 Å². The third kappa shape index (κ3) is 4.91. The Kier molecular flexibility index (Phi) is 6.21. The second-order valence-corrected chi connectivity index (χ2v) is 10.9. The molecule has 162 valence electrons. The van der Waals surface area contributed by atoms with Crippen LogP contribution in [-0.4, -0.2) is 52.5 Å². The van der Waals surface area contributed by atoms with Gasteiger partial charge in [0.25, 0.3) is 5.91 Å². The summed E-state index contributed by atoms with van der Waals surface area (Å²) in [6.07, 6.45) is 10.0. The van der Waals surface area contributed by atoms with E-state index in [9.17, 15) is 4.79 Å². The molecule has 5 nitrogen and oxygen atoms in total. The van der Waals surface area contributed by atoms with Crippen LogP contribution in [0.3, 0.4) is 0 Å². The lowest BCUT2D eigenvalue weighted by atomic mass is 9.72. The highest BCUT2D eigenvalue weighted by atomic mass is 16.6. The molecule has 3 heterocycles. The predicted octanol–water partition coefficient (Wildman–Crippen LogP) is 4.39. The number of nitrogens with one attached hydrogen (secondary N) is 1. The Bertz CT molecular complexity index is 554. The van der Waals surface area contributed by atoms with E-state index in [4.69, 9.17) is 9.47 Å². The fourth-order valence-corrected chi connectivity index (χ4v) is 5.77. The highest BCUT2D eigenvalue weighted by molar-refractivity contribution is 5.88. The molecule has 0 aromatic rings. The second kappa shape index (κ2) is 7.88. The predicted molar refractivity (Wildman–Crippen MR) is 112 cm³/mol. The lowest BCUT2D eigenvalue weighted by Crippen LogP contribution is -2.65. The molecule has 1 spiro atoms. The van der Waals surface area contributed by atoms with Gasteiger partial charge in [-0.2, -0.15) is 0 Å². The molecule has 3 aliphatic rings. The third-order valence-electron chi connectivity index (χ3n) is 6.54. The first-order chi connectivity index (χ1) is 13.0. The average molecular weight is 395 g/mol. The zero-order valence-electron chi connectivity index (χ0n) is 19.0. The van der Waals surface area contributed by atoms with E-state index < -0.39 is 11.3 Å². The lowest BCUT2D eigenvalue weighted by molar-refractivity contribution is -0.165. The molecule has 1 N–H and O–H groups in total. The minimum atomic E-state index is -0.718. The van der Waals surface area contributed by atoms with E-state index in [1.165, 1.54) is 32.1 Å². The molecule has 0 aromatic carbocycles. The largest absolute Gasteiger partial charge is 0.371 e. The standard InChI is InChI=1S/C23H42N2O3/c1-7-8-9-10-11-12-13-22(6)25(14-18-15-27-18)19(26)23(28-22)16-20(2,3)24-21(4,5)17-23/h18,24H,7-17H2,1-6H3. The fraction of sp³-hybridized carbons (Fsp3) is 0.957. The molecular formula is C23H42N2O3. The zero-order valence-corrected chi connectivity index (χ0v) is 19.0. The molecule has 0 bridgehead atoms. The Balaban J connectivity index is 1.74. The van der Waals surface area contributed by atoms with Crippen LogP contribution in [0, 0.1) is 0 Å². The Hall–Kier alpha value is -0.650. The molecule has 0 aliphatic carbocycles. The van der Waals surface area contributed by atoms with Gasteiger partial charge in [0.1, 0.15) is 5.72 Å². The molecule has 2 atom stereocenters. The number of ether oxygens (including phenoxy) is 2. The number of hydrogen-bond donors (Lipinski definition) is 1. The number of hydrogen-bond acceptors (Lipinski definition) is 4. The molecular weight excluding hydrogens is 352 g/mol. The Morgan fingerprint density at radius 1 is 1.00 bits per heavy atom. The minimum Gasteiger partial charge on any atom is -0.371 e. The summed E-state index contributed by atoms with van der Waals surface area (Å²) in [7, 11) is 0. The van der Waals surface area contributed by atoms with Crippen LogP contribution in [0.1, 0.15) is 99.3 Å². The van der Waals surface area contributed by atoms with E-state index in [2.05, 4.69) is 46.9 Å². The summed E-state index contributed by atoms with van der Waals surface area (Å²) in [5.74, 6) is 0.180. The summed E-state index contributed by atoms with van der Waals surface area (Å²) in [6, 6.07) is 0. The maximum absolute atomic E-state index is 13.7. The highest BCUT2D eigenvalue weighted by Gasteiger charge is 2.63. The first kappa shape index (κ1) is 22.0. The summed E-state index contributed by atoms with van der Waals surface area (Å²) < 4.78 is 12.3. The number of unbranched alkanes of at least 4 members (excludes halogenated alkanes) is 5. The van der Waals surface area contributed by atoms with Crippen molar-refractivity contribution in [2.45, 2.75) is 128 Å². The van der Waals surface area contributed by atoms with Gasteiger partial charge in [0, 0.05) is 23.9 Å². The molecule has 28 heavy (non-hydrogen) atoms. The number of nitrogens with zero attached hydrogens (tertiary/aromatic N) is 1. The molecule has 0 aromatic heterocycles. The van der Waals surface area contributed by atoms with Gasteiger partial charge in [-0.25, -0.2) is 0 Å². The van der Waals surface area contributed by atoms with Crippen LogP contribution in [0.2, 0.25) is 0 Å². The number of rotatable bonds is 9. The van der Waals surface area contributed by atoms with Crippen molar-refractivity contribution >= 4 is 5.91 Å². The number of carbonyl (C=O) groups excluding carboxylic acids is 1. The van der Waals surface area contributed by atoms with Crippen molar-refractivity contribution in [1.82, 2.24) is 10.2 Å². The minimum absolute atomic E-state index is 0.134. The molecule has 0 saturated carbocycles. The third-order valence-corrected chi connectivity index (χ3v) is 6.54. The molecule has 5 heteroatoms. The quantitative estimate of drug-likeness (QED) is 0.465. The summed E-state index contributed by atoms with van der Waals surface area (Å²) >= 11 is 0. The molecule has 3 saturated heterocycles. The molecule has 2 unspecified atom stereocenters. The Labute approximate surface area is 171 Å². The van der Waals surface area contributed by atoms with E-state index in [1.54, 1.807) is 0 Å². The Morgan fingerprint density at radius 3 is 2.14 bits per heavy atom. The Morgan fingerprint density at radius 2 is 1.57 bits per heavy atom. The highest BCUT2D eigenvalue weighted by Crippen LogP contribution is 2.49. The normalized spacial score (nSPS) is 32.9. The zero-order chi connectivity index (χ0) is 20.6.